The summed E-state index contributed by atoms with van der Waals surface area (Å²) in [5.41, 5.74) is 1.32. The normalized spacial score (nSPS) is 12.2. The molecule has 0 saturated heterocycles. The summed E-state index contributed by atoms with van der Waals surface area (Å²) in [5.74, 6) is -1.57. The lowest BCUT2D eigenvalue weighted by molar-refractivity contribution is -0.132. The van der Waals surface area contributed by atoms with Gasteiger partial charge in [0.15, 0.2) is 0 Å². The second-order valence-corrected chi connectivity index (χ2v) is 4.58. The molecule has 2 N–H and O–H groups in total. The number of hydrogen-bond acceptors (Lipinski definition) is 3. The van der Waals surface area contributed by atoms with Crippen molar-refractivity contribution in [1.82, 2.24) is 5.32 Å². The van der Waals surface area contributed by atoms with E-state index in [9.17, 15) is 14.4 Å². The van der Waals surface area contributed by atoms with Gasteiger partial charge in [-0.2, -0.15) is 0 Å². The molecule has 1 heterocycles. The van der Waals surface area contributed by atoms with Gasteiger partial charge in [0.05, 0.1) is 0 Å². The predicted molar refractivity (Wildman–Crippen MR) is 78.2 cm³/mol. The van der Waals surface area contributed by atoms with Gasteiger partial charge in [0, 0.05) is 22.1 Å². The third-order valence-electron chi connectivity index (χ3n) is 2.99. The number of amides is 2. The molecule has 106 valence electrons. The Bertz CT molecular complexity index is 716. The molecule has 0 fully saturated rings. The smallest absolute Gasteiger partial charge is 0.330 e. The molecule has 2 aromatic rings. The van der Waals surface area contributed by atoms with Gasteiger partial charge in [-0.3, -0.25) is 14.9 Å². The van der Waals surface area contributed by atoms with Gasteiger partial charge in [0.1, 0.15) is 0 Å². The molecule has 0 bridgehead atoms. The molecule has 3 rings (SSSR count). The summed E-state index contributed by atoms with van der Waals surface area (Å²) < 4.78 is 0. The van der Waals surface area contributed by atoms with Crippen molar-refractivity contribution in [3.8, 4) is 0 Å². The quantitative estimate of drug-likeness (QED) is 0.621. The van der Waals surface area contributed by atoms with Crippen LogP contribution in [0.4, 0.5) is 0 Å². The Labute approximate surface area is 120 Å². The van der Waals surface area contributed by atoms with Crippen LogP contribution in [0.1, 0.15) is 27.6 Å². The number of hydrogen-bond donors (Lipinski definition) is 2. The summed E-state index contributed by atoms with van der Waals surface area (Å²) in [4.78, 5) is 32.7. The van der Waals surface area contributed by atoms with E-state index in [0.717, 1.165) is 10.8 Å². The minimum atomic E-state index is -0.935. The van der Waals surface area contributed by atoms with Crippen LogP contribution in [0.15, 0.2) is 48.6 Å². The molecular weight excluding hydrogens is 270 g/mol. The Kier molecular flexibility index (Phi) is 3.84. The van der Waals surface area contributed by atoms with Crippen LogP contribution in [-0.4, -0.2) is 22.9 Å². The van der Waals surface area contributed by atoms with Crippen LogP contribution in [0.3, 0.4) is 0 Å². The largest absolute Gasteiger partial charge is 0.478 e. The van der Waals surface area contributed by atoms with Crippen molar-refractivity contribution >= 4 is 28.6 Å². The van der Waals surface area contributed by atoms with Gasteiger partial charge in [0.2, 0.25) is 0 Å². The zero-order chi connectivity index (χ0) is 15.6. The summed E-state index contributed by atoms with van der Waals surface area (Å²) in [7, 11) is 0. The van der Waals surface area contributed by atoms with E-state index in [1.807, 2.05) is 24.3 Å². The van der Waals surface area contributed by atoms with E-state index in [1.165, 1.54) is 6.92 Å². The number of carboxylic acids is 1. The summed E-state index contributed by atoms with van der Waals surface area (Å²) in [6, 6.07) is 10.9. The highest BCUT2D eigenvalue weighted by Crippen LogP contribution is 2.25. The van der Waals surface area contributed by atoms with Crippen molar-refractivity contribution in [3.05, 3.63) is 59.7 Å². The first-order chi connectivity index (χ1) is 9.91. The first kappa shape index (κ1) is 14.5. The number of nitrogens with one attached hydrogen (secondary N) is 1. The summed E-state index contributed by atoms with van der Waals surface area (Å²) in [6.45, 7) is 4.60. The Morgan fingerprint density at radius 3 is 1.86 bits per heavy atom. The third kappa shape index (κ3) is 2.81. The van der Waals surface area contributed by atoms with Crippen molar-refractivity contribution in [2.75, 3.05) is 0 Å². The zero-order valence-corrected chi connectivity index (χ0v) is 11.3. The zero-order valence-electron chi connectivity index (χ0n) is 11.3. The van der Waals surface area contributed by atoms with E-state index in [1.54, 1.807) is 12.1 Å². The van der Waals surface area contributed by atoms with Gasteiger partial charge in [-0.1, -0.05) is 30.8 Å². The summed E-state index contributed by atoms with van der Waals surface area (Å²) >= 11 is 0. The predicted octanol–water partition coefficient (Wildman–Crippen LogP) is 2.37. The second kappa shape index (κ2) is 5.58. The summed E-state index contributed by atoms with van der Waals surface area (Å²) in [6.07, 6.45) is 0. The molecule has 0 spiro atoms. The molecule has 21 heavy (non-hydrogen) atoms. The van der Waals surface area contributed by atoms with Crippen LogP contribution >= 0.6 is 0 Å². The van der Waals surface area contributed by atoms with E-state index in [0.29, 0.717) is 11.1 Å². The Balaban J connectivity index is 0.000000232. The first-order valence-corrected chi connectivity index (χ1v) is 6.18. The number of carboxylic acid groups (broad SMARTS) is 1. The molecule has 2 aromatic carbocycles. The lowest BCUT2D eigenvalue weighted by Crippen LogP contribution is -2.34. The van der Waals surface area contributed by atoms with E-state index >= 15 is 0 Å². The molecule has 1 aliphatic heterocycles. The van der Waals surface area contributed by atoms with Crippen molar-refractivity contribution < 1.29 is 19.5 Å². The molecule has 0 radical (unpaired) electrons. The molecule has 0 unspecified atom stereocenters. The van der Waals surface area contributed by atoms with E-state index < -0.39 is 5.97 Å². The highest BCUT2D eigenvalue weighted by Gasteiger charge is 2.23. The molecule has 2 amide bonds. The van der Waals surface area contributed by atoms with Gasteiger partial charge < -0.3 is 5.11 Å². The van der Waals surface area contributed by atoms with E-state index in [4.69, 9.17) is 5.11 Å². The van der Waals surface area contributed by atoms with Crippen molar-refractivity contribution in [3.63, 3.8) is 0 Å². The molecule has 0 aromatic heterocycles. The highest BCUT2D eigenvalue weighted by atomic mass is 16.4. The fourth-order valence-electron chi connectivity index (χ4n) is 1.96. The van der Waals surface area contributed by atoms with Gasteiger partial charge in [-0.15, -0.1) is 0 Å². The highest BCUT2D eigenvalue weighted by molar-refractivity contribution is 6.25. The monoisotopic (exact) mass is 283 g/mol. The van der Waals surface area contributed by atoms with Gasteiger partial charge in [-0.05, 0) is 24.4 Å². The fraction of sp³-hybridized carbons (Fsp3) is 0.0625. The maximum Gasteiger partial charge on any atom is 0.330 e. The maximum absolute atomic E-state index is 11.6. The van der Waals surface area contributed by atoms with Crippen LogP contribution < -0.4 is 5.32 Å². The summed E-state index contributed by atoms with van der Waals surface area (Å²) in [5, 5.41) is 11.9. The molecule has 1 aliphatic rings. The topological polar surface area (TPSA) is 83.5 Å². The van der Waals surface area contributed by atoms with E-state index in [2.05, 4.69) is 11.9 Å². The molecule has 0 saturated carbocycles. The van der Waals surface area contributed by atoms with Crippen LogP contribution in [0.25, 0.3) is 10.8 Å². The Morgan fingerprint density at radius 1 is 1.05 bits per heavy atom. The lowest BCUT2D eigenvalue weighted by Gasteiger charge is -2.15. The fourth-order valence-corrected chi connectivity index (χ4v) is 1.96. The maximum atomic E-state index is 11.6. The minimum Gasteiger partial charge on any atom is -0.478 e. The van der Waals surface area contributed by atoms with Crippen molar-refractivity contribution in [2.45, 2.75) is 6.92 Å². The van der Waals surface area contributed by atoms with Crippen LogP contribution in [-0.2, 0) is 4.79 Å². The average Bonchev–Trinajstić information content (AvgIpc) is 2.45. The number of aliphatic carboxylic acids is 1. The number of imide groups is 1. The van der Waals surface area contributed by atoms with Crippen LogP contribution in [0.5, 0.6) is 0 Å². The third-order valence-corrected chi connectivity index (χ3v) is 2.99. The minimum absolute atomic E-state index is 0.176. The van der Waals surface area contributed by atoms with Crippen molar-refractivity contribution in [1.29, 1.82) is 0 Å². The number of carbonyl (C=O) groups is 3. The number of benzene rings is 2. The van der Waals surface area contributed by atoms with Gasteiger partial charge >= 0.3 is 5.97 Å². The SMILES string of the molecule is C=C(C)C(=O)O.O=C1NC(=O)c2cccc3cccc1c23. The molecule has 0 aliphatic carbocycles. The van der Waals surface area contributed by atoms with Crippen molar-refractivity contribution in [2.24, 2.45) is 0 Å². The first-order valence-electron chi connectivity index (χ1n) is 6.18. The average molecular weight is 283 g/mol. The molecule has 5 heteroatoms. The van der Waals surface area contributed by atoms with Crippen LogP contribution in [0, 0.1) is 0 Å². The second-order valence-electron chi connectivity index (χ2n) is 4.58. The van der Waals surface area contributed by atoms with E-state index in [-0.39, 0.29) is 17.4 Å². The lowest BCUT2D eigenvalue weighted by atomic mass is 9.95. The Hall–Kier alpha value is -2.95. The Morgan fingerprint density at radius 2 is 1.48 bits per heavy atom. The van der Waals surface area contributed by atoms with Gasteiger partial charge in [-0.25, -0.2) is 4.79 Å². The number of carbonyl (C=O) groups excluding carboxylic acids is 2. The number of rotatable bonds is 1. The standard InChI is InChI=1S/C12H7NO2.C4H6O2/c14-11-8-5-1-3-7-4-2-6-9(10(7)8)12(15)13-11;1-3(2)4(5)6/h1-6H,(H,13,14,15);1H2,2H3,(H,5,6). The van der Waals surface area contributed by atoms with Crippen LogP contribution in [0.2, 0.25) is 0 Å². The molecule has 5 nitrogen and oxygen atoms in total. The van der Waals surface area contributed by atoms with Gasteiger partial charge in [0.25, 0.3) is 11.8 Å². The molecular formula is C16H13NO4. The molecule has 0 atom stereocenters.